The van der Waals surface area contributed by atoms with E-state index in [0.717, 1.165) is 4.47 Å². The highest BCUT2D eigenvalue weighted by Gasteiger charge is 2.13. The van der Waals surface area contributed by atoms with Crippen LogP contribution in [0.4, 0.5) is 0 Å². The summed E-state index contributed by atoms with van der Waals surface area (Å²) < 4.78 is 10.9. The summed E-state index contributed by atoms with van der Waals surface area (Å²) in [6, 6.07) is 3.32. The second-order valence-corrected chi connectivity index (χ2v) is 3.78. The van der Waals surface area contributed by atoms with Gasteiger partial charge in [0.05, 0.1) is 6.61 Å². The Morgan fingerprint density at radius 2 is 2.40 bits per heavy atom. The number of carbonyl (C=O) groups is 1. The molecule has 0 N–H and O–H groups in total. The molecule has 2 heterocycles. The predicted molar refractivity (Wildman–Crippen MR) is 57.7 cm³/mol. The Hall–Kier alpha value is -1.36. The van der Waals surface area contributed by atoms with Crippen LogP contribution in [0.3, 0.4) is 0 Å². The maximum Gasteiger partial charge on any atom is 0.374 e. The Bertz CT molecular complexity index is 506. The van der Waals surface area contributed by atoms with Crippen molar-refractivity contribution in [3.63, 3.8) is 0 Å². The molecule has 0 aliphatic carbocycles. The maximum atomic E-state index is 11.3. The molecule has 2 rings (SSSR count). The van der Waals surface area contributed by atoms with E-state index in [4.69, 9.17) is 9.15 Å². The number of esters is 1. The third kappa shape index (κ3) is 2.02. The number of carbonyl (C=O) groups excluding carboxylic acids is 1. The quantitative estimate of drug-likeness (QED) is 0.787. The van der Waals surface area contributed by atoms with Gasteiger partial charge in [0.25, 0.3) is 0 Å². The lowest BCUT2D eigenvalue weighted by molar-refractivity contribution is 0.0492. The van der Waals surface area contributed by atoms with Crippen LogP contribution in [0.25, 0.3) is 11.1 Å². The molecule has 4 nitrogen and oxygen atoms in total. The van der Waals surface area contributed by atoms with Crippen molar-refractivity contribution in [3.05, 3.63) is 28.6 Å². The lowest BCUT2D eigenvalue weighted by atomic mass is 10.4. The zero-order valence-corrected chi connectivity index (χ0v) is 9.58. The Kier molecular flexibility index (Phi) is 2.73. The molecule has 0 bridgehead atoms. The van der Waals surface area contributed by atoms with Crippen molar-refractivity contribution in [1.82, 2.24) is 4.98 Å². The van der Waals surface area contributed by atoms with Crippen LogP contribution >= 0.6 is 15.9 Å². The second kappa shape index (κ2) is 4.02. The maximum absolute atomic E-state index is 11.3. The second-order valence-electron chi connectivity index (χ2n) is 2.87. The molecule has 78 valence electrons. The van der Waals surface area contributed by atoms with E-state index in [0.29, 0.717) is 17.7 Å². The number of hydrogen-bond acceptors (Lipinski definition) is 4. The number of aromatic nitrogens is 1. The molecule has 0 aliphatic heterocycles. The van der Waals surface area contributed by atoms with E-state index in [-0.39, 0.29) is 5.76 Å². The first-order chi connectivity index (χ1) is 7.20. The average molecular weight is 270 g/mol. The van der Waals surface area contributed by atoms with Gasteiger partial charge in [-0.05, 0) is 28.9 Å². The minimum Gasteiger partial charge on any atom is -0.460 e. The van der Waals surface area contributed by atoms with Gasteiger partial charge in [-0.3, -0.25) is 4.98 Å². The molecule has 0 saturated heterocycles. The zero-order valence-electron chi connectivity index (χ0n) is 7.99. The van der Waals surface area contributed by atoms with E-state index in [1.54, 1.807) is 25.3 Å². The molecule has 0 aliphatic rings. The van der Waals surface area contributed by atoms with Crippen molar-refractivity contribution < 1.29 is 13.9 Å². The van der Waals surface area contributed by atoms with Crippen molar-refractivity contribution in [2.75, 3.05) is 6.61 Å². The fourth-order valence-corrected chi connectivity index (χ4v) is 1.51. The van der Waals surface area contributed by atoms with Gasteiger partial charge >= 0.3 is 5.97 Å². The summed E-state index contributed by atoms with van der Waals surface area (Å²) in [6.45, 7) is 2.07. The van der Waals surface area contributed by atoms with E-state index < -0.39 is 5.97 Å². The molecule has 0 atom stereocenters. The highest BCUT2D eigenvalue weighted by atomic mass is 79.9. The van der Waals surface area contributed by atoms with Crippen LogP contribution in [-0.2, 0) is 4.74 Å². The third-order valence-electron chi connectivity index (χ3n) is 1.81. The van der Waals surface area contributed by atoms with Gasteiger partial charge in [0, 0.05) is 16.7 Å². The number of ether oxygens (including phenoxy) is 1. The van der Waals surface area contributed by atoms with Crippen LogP contribution in [0.2, 0.25) is 0 Å². The SMILES string of the molecule is CCOC(=O)c1cc2ncc(Br)cc2o1. The predicted octanol–water partition coefficient (Wildman–Crippen LogP) is 2.77. The Morgan fingerprint density at radius 3 is 3.13 bits per heavy atom. The summed E-state index contributed by atoms with van der Waals surface area (Å²) in [5.41, 5.74) is 1.20. The van der Waals surface area contributed by atoms with Crippen LogP contribution in [0.1, 0.15) is 17.5 Å². The molecular weight excluding hydrogens is 262 g/mol. The minimum atomic E-state index is -0.466. The van der Waals surface area contributed by atoms with E-state index in [2.05, 4.69) is 20.9 Å². The van der Waals surface area contributed by atoms with Gasteiger partial charge in [-0.25, -0.2) is 4.79 Å². The Morgan fingerprint density at radius 1 is 1.60 bits per heavy atom. The van der Waals surface area contributed by atoms with Gasteiger partial charge in [-0.1, -0.05) is 0 Å². The van der Waals surface area contributed by atoms with Crippen LogP contribution in [0, 0.1) is 0 Å². The van der Waals surface area contributed by atoms with E-state index in [1.165, 1.54) is 0 Å². The molecule has 0 unspecified atom stereocenters. The fraction of sp³-hybridized carbons (Fsp3) is 0.200. The summed E-state index contributed by atoms with van der Waals surface area (Å²) >= 11 is 3.27. The summed E-state index contributed by atoms with van der Waals surface area (Å²) in [4.78, 5) is 15.4. The van der Waals surface area contributed by atoms with Crippen molar-refractivity contribution >= 4 is 33.0 Å². The van der Waals surface area contributed by atoms with Crippen LogP contribution in [-0.4, -0.2) is 17.6 Å². The summed E-state index contributed by atoms with van der Waals surface area (Å²) in [7, 11) is 0. The first-order valence-electron chi connectivity index (χ1n) is 4.43. The van der Waals surface area contributed by atoms with Crippen LogP contribution in [0.5, 0.6) is 0 Å². The van der Waals surface area contributed by atoms with Crippen LogP contribution in [0.15, 0.2) is 27.2 Å². The molecule has 2 aromatic heterocycles. The number of rotatable bonds is 2. The number of fused-ring (bicyclic) bond motifs is 1. The molecule has 0 radical (unpaired) electrons. The van der Waals surface area contributed by atoms with E-state index in [9.17, 15) is 4.79 Å². The number of nitrogens with zero attached hydrogens (tertiary/aromatic N) is 1. The first kappa shape index (κ1) is 10.2. The van der Waals surface area contributed by atoms with E-state index >= 15 is 0 Å². The molecule has 0 fully saturated rings. The normalized spacial score (nSPS) is 10.5. The van der Waals surface area contributed by atoms with Gasteiger partial charge in [-0.15, -0.1) is 0 Å². The zero-order chi connectivity index (χ0) is 10.8. The van der Waals surface area contributed by atoms with Crippen molar-refractivity contribution in [3.8, 4) is 0 Å². The van der Waals surface area contributed by atoms with E-state index in [1.807, 2.05) is 0 Å². The highest BCUT2D eigenvalue weighted by molar-refractivity contribution is 9.10. The molecule has 0 saturated carbocycles. The topological polar surface area (TPSA) is 52.3 Å². The number of pyridine rings is 1. The average Bonchev–Trinajstić information content (AvgIpc) is 2.60. The van der Waals surface area contributed by atoms with Gasteiger partial charge in [0.1, 0.15) is 5.52 Å². The minimum absolute atomic E-state index is 0.178. The number of halogens is 1. The van der Waals surface area contributed by atoms with Crippen molar-refractivity contribution in [2.24, 2.45) is 0 Å². The van der Waals surface area contributed by atoms with Gasteiger partial charge in [0.15, 0.2) is 5.58 Å². The van der Waals surface area contributed by atoms with Crippen LogP contribution < -0.4 is 0 Å². The van der Waals surface area contributed by atoms with Gasteiger partial charge < -0.3 is 9.15 Å². The fourth-order valence-electron chi connectivity index (χ4n) is 1.20. The standard InChI is InChI=1S/C10H8BrNO3/c1-2-14-10(13)9-4-7-8(15-9)3-6(11)5-12-7/h3-5H,2H2,1H3. The molecule has 2 aromatic rings. The molecule has 0 amide bonds. The summed E-state index contributed by atoms with van der Waals surface area (Å²) in [6.07, 6.45) is 1.65. The summed E-state index contributed by atoms with van der Waals surface area (Å²) in [5.74, 6) is -0.288. The molecule has 0 spiro atoms. The van der Waals surface area contributed by atoms with Crippen molar-refractivity contribution in [1.29, 1.82) is 0 Å². The molecule has 0 aromatic carbocycles. The first-order valence-corrected chi connectivity index (χ1v) is 5.22. The smallest absolute Gasteiger partial charge is 0.374 e. The monoisotopic (exact) mass is 269 g/mol. The number of hydrogen-bond donors (Lipinski definition) is 0. The molecular formula is C10H8BrNO3. The molecule has 5 heteroatoms. The Labute approximate surface area is 94.4 Å². The lowest BCUT2D eigenvalue weighted by Gasteiger charge is -1.95. The van der Waals surface area contributed by atoms with Gasteiger partial charge in [0.2, 0.25) is 5.76 Å². The third-order valence-corrected chi connectivity index (χ3v) is 2.25. The highest BCUT2D eigenvalue weighted by Crippen LogP contribution is 2.21. The lowest BCUT2D eigenvalue weighted by Crippen LogP contribution is -2.02. The summed E-state index contributed by atoms with van der Waals surface area (Å²) in [5, 5.41) is 0. The van der Waals surface area contributed by atoms with Crippen molar-refractivity contribution in [2.45, 2.75) is 6.92 Å². The number of furan rings is 1. The largest absolute Gasteiger partial charge is 0.460 e. The molecule has 15 heavy (non-hydrogen) atoms. The Balaban J connectivity index is 2.42. The van der Waals surface area contributed by atoms with Gasteiger partial charge in [-0.2, -0.15) is 0 Å².